The Morgan fingerprint density at radius 3 is 3.11 bits per heavy atom. The van der Waals surface area contributed by atoms with Crippen LogP contribution in [0.5, 0.6) is 0 Å². The summed E-state index contributed by atoms with van der Waals surface area (Å²) in [5.74, 6) is 0.120. The Hall–Kier alpha value is -1.97. The molecular formula is C12H18N6O. The van der Waals surface area contributed by atoms with E-state index in [1.165, 1.54) is 6.33 Å². The zero-order chi connectivity index (χ0) is 13.7. The third-order valence-electron chi connectivity index (χ3n) is 3.49. The topological polar surface area (TPSA) is 87.7 Å². The lowest BCUT2D eigenvalue weighted by molar-refractivity contribution is -0.133. The van der Waals surface area contributed by atoms with Crippen LogP contribution in [0.4, 0.5) is 0 Å². The number of nitriles is 1. The number of aryl methyl sites for hydroxylation is 1. The Kier molecular flexibility index (Phi) is 4.10. The molecule has 0 spiro atoms. The summed E-state index contributed by atoms with van der Waals surface area (Å²) in [6, 6.07) is 2.32. The molecule has 1 fully saturated rings. The quantitative estimate of drug-likeness (QED) is 0.793. The molecule has 1 aliphatic heterocycles. The Labute approximate surface area is 112 Å². The number of aromatic nitrogens is 4. The molecule has 19 heavy (non-hydrogen) atoms. The van der Waals surface area contributed by atoms with Crippen molar-refractivity contribution in [3.05, 3.63) is 6.33 Å². The van der Waals surface area contributed by atoms with Crippen molar-refractivity contribution >= 4 is 5.91 Å². The molecule has 0 N–H and O–H groups in total. The highest BCUT2D eigenvalue weighted by Crippen LogP contribution is 2.28. The number of carbonyl (C=O) groups is 1. The Bertz CT molecular complexity index is 465. The van der Waals surface area contributed by atoms with Crippen LogP contribution in [0.2, 0.25) is 0 Å². The summed E-state index contributed by atoms with van der Waals surface area (Å²) in [4.78, 5) is 13.9. The monoisotopic (exact) mass is 262 g/mol. The zero-order valence-corrected chi connectivity index (χ0v) is 11.1. The molecule has 1 aliphatic rings. The van der Waals surface area contributed by atoms with Gasteiger partial charge in [-0.15, -0.1) is 5.10 Å². The number of hydrogen-bond acceptors (Lipinski definition) is 5. The first kappa shape index (κ1) is 13.5. The van der Waals surface area contributed by atoms with Crippen molar-refractivity contribution in [1.29, 1.82) is 5.26 Å². The van der Waals surface area contributed by atoms with E-state index >= 15 is 0 Å². The Morgan fingerprint density at radius 2 is 2.42 bits per heavy atom. The highest BCUT2D eigenvalue weighted by Gasteiger charge is 2.32. The fraction of sp³-hybridized carbons (Fsp3) is 0.750. The van der Waals surface area contributed by atoms with Gasteiger partial charge in [0.2, 0.25) is 5.91 Å². The van der Waals surface area contributed by atoms with E-state index < -0.39 is 0 Å². The average molecular weight is 262 g/mol. The zero-order valence-electron chi connectivity index (χ0n) is 11.1. The van der Waals surface area contributed by atoms with Crippen molar-refractivity contribution in [1.82, 2.24) is 25.1 Å². The standard InChI is InChI=1S/C12H18N6O/c1-12(8-13)5-3-6-17(9-12)11(19)4-2-7-18-10-14-15-16-18/h10H,2-7,9H2,1H3. The molecule has 1 aromatic rings. The van der Waals surface area contributed by atoms with E-state index in [4.69, 9.17) is 5.26 Å². The lowest BCUT2D eigenvalue weighted by atomic mass is 9.83. The maximum absolute atomic E-state index is 12.1. The first-order valence-electron chi connectivity index (χ1n) is 6.53. The summed E-state index contributed by atoms with van der Waals surface area (Å²) in [6.07, 6.45) is 4.50. The van der Waals surface area contributed by atoms with Crippen molar-refractivity contribution in [2.45, 2.75) is 39.2 Å². The number of rotatable bonds is 4. The minimum Gasteiger partial charge on any atom is -0.341 e. The van der Waals surface area contributed by atoms with Gasteiger partial charge in [0.05, 0.1) is 11.5 Å². The van der Waals surface area contributed by atoms with Crippen LogP contribution in [0.1, 0.15) is 32.6 Å². The summed E-state index contributed by atoms with van der Waals surface area (Å²) in [5.41, 5.74) is -0.385. The molecule has 102 valence electrons. The second-order valence-electron chi connectivity index (χ2n) is 5.27. The molecule has 0 aromatic carbocycles. The summed E-state index contributed by atoms with van der Waals surface area (Å²) >= 11 is 0. The maximum atomic E-state index is 12.1. The molecule has 2 rings (SSSR count). The van der Waals surface area contributed by atoms with Crippen LogP contribution in [-0.2, 0) is 11.3 Å². The number of hydrogen-bond donors (Lipinski definition) is 0. The van der Waals surface area contributed by atoms with Crippen LogP contribution in [0, 0.1) is 16.7 Å². The molecule has 1 saturated heterocycles. The summed E-state index contributed by atoms with van der Waals surface area (Å²) in [5, 5.41) is 20.0. The lowest BCUT2D eigenvalue weighted by Crippen LogP contribution is -2.44. The molecule has 0 bridgehead atoms. The molecule has 7 heteroatoms. The first-order valence-corrected chi connectivity index (χ1v) is 6.53. The smallest absolute Gasteiger partial charge is 0.222 e. The molecule has 1 amide bonds. The SMILES string of the molecule is CC1(C#N)CCCN(C(=O)CCCn2cnnn2)C1. The molecule has 0 radical (unpaired) electrons. The van der Waals surface area contributed by atoms with Crippen molar-refractivity contribution in [2.75, 3.05) is 13.1 Å². The number of piperidine rings is 1. The average Bonchev–Trinajstić information content (AvgIpc) is 2.92. The van der Waals surface area contributed by atoms with Crippen molar-refractivity contribution in [3.8, 4) is 6.07 Å². The molecular weight excluding hydrogens is 244 g/mol. The van der Waals surface area contributed by atoms with Gasteiger partial charge < -0.3 is 4.90 Å². The molecule has 0 aliphatic carbocycles. The van der Waals surface area contributed by atoms with Gasteiger partial charge in [-0.25, -0.2) is 4.68 Å². The minimum absolute atomic E-state index is 0.120. The van der Waals surface area contributed by atoms with Gasteiger partial charge >= 0.3 is 0 Å². The van der Waals surface area contributed by atoms with Gasteiger partial charge in [-0.3, -0.25) is 4.79 Å². The van der Waals surface area contributed by atoms with Gasteiger partial charge in [-0.1, -0.05) is 0 Å². The fourth-order valence-corrected chi connectivity index (χ4v) is 2.38. The van der Waals surface area contributed by atoms with E-state index in [2.05, 4.69) is 21.6 Å². The summed E-state index contributed by atoms with van der Waals surface area (Å²) < 4.78 is 1.61. The second kappa shape index (κ2) is 5.78. The predicted molar refractivity (Wildman–Crippen MR) is 66.6 cm³/mol. The molecule has 1 aromatic heterocycles. The van der Waals surface area contributed by atoms with E-state index in [1.54, 1.807) is 4.68 Å². The lowest BCUT2D eigenvalue weighted by Gasteiger charge is -2.36. The van der Waals surface area contributed by atoms with Gasteiger partial charge in [0.1, 0.15) is 6.33 Å². The largest absolute Gasteiger partial charge is 0.341 e. The maximum Gasteiger partial charge on any atom is 0.222 e. The number of amides is 1. The van der Waals surface area contributed by atoms with Crippen molar-refractivity contribution < 1.29 is 4.79 Å². The van der Waals surface area contributed by atoms with Crippen LogP contribution in [0.3, 0.4) is 0 Å². The Balaban J connectivity index is 1.78. The van der Waals surface area contributed by atoms with Crippen LogP contribution < -0.4 is 0 Å². The number of nitrogens with zero attached hydrogens (tertiary/aromatic N) is 6. The highest BCUT2D eigenvalue weighted by atomic mass is 16.2. The van der Waals surface area contributed by atoms with E-state index in [0.29, 0.717) is 25.9 Å². The van der Waals surface area contributed by atoms with Gasteiger partial charge in [0.25, 0.3) is 0 Å². The Morgan fingerprint density at radius 1 is 1.58 bits per heavy atom. The molecule has 1 unspecified atom stereocenters. The van der Waals surface area contributed by atoms with Crippen LogP contribution in [0.25, 0.3) is 0 Å². The van der Waals surface area contributed by atoms with Gasteiger partial charge in [-0.2, -0.15) is 5.26 Å². The fourth-order valence-electron chi connectivity index (χ4n) is 2.38. The van der Waals surface area contributed by atoms with E-state index in [9.17, 15) is 4.79 Å². The molecule has 2 heterocycles. The number of likely N-dealkylation sites (tertiary alicyclic amines) is 1. The van der Waals surface area contributed by atoms with Gasteiger partial charge in [0.15, 0.2) is 0 Å². The van der Waals surface area contributed by atoms with Crippen LogP contribution >= 0.6 is 0 Å². The first-order chi connectivity index (χ1) is 9.13. The molecule has 0 saturated carbocycles. The highest BCUT2D eigenvalue weighted by molar-refractivity contribution is 5.76. The van der Waals surface area contributed by atoms with E-state index in [-0.39, 0.29) is 11.3 Å². The van der Waals surface area contributed by atoms with Crippen molar-refractivity contribution in [2.24, 2.45) is 5.41 Å². The normalized spacial score (nSPS) is 23.1. The minimum atomic E-state index is -0.385. The molecule has 7 nitrogen and oxygen atoms in total. The predicted octanol–water partition coefficient (Wildman–Crippen LogP) is 0.606. The number of tetrazole rings is 1. The third kappa shape index (κ3) is 3.50. The van der Waals surface area contributed by atoms with Crippen LogP contribution in [-0.4, -0.2) is 44.1 Å². The third-order valence-corrected chi connectivity index (χ3v) is 3.49. The summed E-state index contributed by atoms with van der Waals surface area (Å²) in [7, 11) is 0. The van der Waals surface area contributed by atoms with Gasteiger partial charge in [0, 0.05) is 26.1 Å². The van der Waals surface area contributed by atoms with Gasteiger partial charge in [-0.05, 0) is 36.6 Å². The summed E-state index contributed by atoms with van der Waals surface area (Å²) in [6.45, 7) is 3.88. The van der Waals surface area contributed by atoms with Crippen LogP contribution in [0.15, 0.2) is 6.33 Å². The number of carbonyl (C=O) groups excluding carboxylic acids is 1. The second-order valence-corrected chi connectivity index (χ2v) is 5.27. The van der Waals surface area contributed by atoms with E-state index in [1.807, 2.05) is 11.8 Å². The van der Waals surface area contributed by atoms with E-state index in [0.717, 1.165) is 19.4 Å². The van der Waals surface area contributed by atoms with Crippen molar-refractivity contribution in [3.63, 3.8) is 0 Å². The molecule has 1 atom stereocenters.